The molecule has 0 amide bonds. The zero-order chi connectivity index (χ0) is 42.4. The maximum absolute atomic E-state index is 12.9. The van der Waals surface area contributed by atoms with Crippen molar-refractivity contribution in [1.29, 1.82) is 0 Å². The van der Waals surface area contributed by atoms with Gasteiger partial charge >= 0.3 is 23.2 Å². The van der Waals surface area contributed by atoms with Crippen LogP contribution in [0, 0.1) is 0 Å². The van der Waals surface area contributed by atoms with Crippen LogP contribution in [0.1, 0.15) is 168 Å². The van der Waals surface area contributed by atoms with E-state index in [1.807, 2.05) is 0 Å². The molecule has 0 saturated carbocycles. The minimum atomic E-state index is -0.574. The van der Waals surface area contributed by atoms with Crippen LogP contribution in [0.5, 0.6) is 11.5 Å². The van der Waals surface area contributed by atoms with Crippen LogP contribution in [0.25, 0.3) is 44.7 Å². The number of fused-ring (bicyclic) bond motifs is 2. The van der Waals surface area contributed by atoms with Crippen molar-refractivity contribution in [2.45, 2.75) is 168 Å². The van der Waals surface area contributed by atoms with E-state index >= 15 is 0 Å². The molecule has 0 atom stereocenters. The van der Waals surface area contributed by atoms with Crippen LogP contribution in [-0.4, -0.2) is 21.9 Å². The predicted molar refractivity (Wildman–Crippen MR) is 238 cm³/mol. The van der Waals surface area contributed by atoms with Gasteiger partial charge in [0, 0.05) is 36.1 Å². The quantitative estimate of drug-likeness (QED) is 0.0272. The van der Waals surface area contributed by atoms with E-state index in [1.165, 1.54) is 103 Å². The summed E-state index contributed by atoms with van der Waals surface area (Å²) in [5, 5.41) is 0.531. The van der Waals surface area contributed by atoms with Crippen molar-refractivity contribution in [2.75, 3.05) is 0 Å². The summed E-state index contributed by atoms with van der Waals surface area (Å²) in [5.41, 5.74) is 0.537. The van der Waals surface area contributed by atoms with Gasteiger partial charge in [0.15, 0.2) is 0 Å². The fourth-order valence-corrected chi connectivity index (χ4v) is 7.46. The van der Waals surface area contributed by atoms with Gasteiger partial charge in [-0.1, -0.05) is 142 Å². The lowest BCUT2D eigenvalue weighted by molar-refractivity contribution is -0.135. The van der Waals surface area contributed by atoms with E-state index in [1.54, 1.807) is 60.7 Å². The van der Waals surface area contributed by atoms with Crippen molar-refractivity contribution in [3.63, 3.8) is 0 Å². The molecule has 3 aromatic carbocycles. The van der Waals surface area contributed by atoms with Gasteiger partial charge in [0.05, 0.1) is 21.8 Å². The monoisotopic (exact) mass is 820 g/mol. The summed E-state index contributed by atoms with van der Waals surface area (Å²) < 4.78 is 22.3. The van der Waals surface area contributed by atoms with Gasteiger partial charge in [-0.2, -0.15) is 0 Å². The fraction of sp³-hybridized carbons (Fsp3) is 0.520. The summed E-state index contributed by atoms with van der Waals surface area (Å²) in [5.74, 6) is 0.159. The number of carbonyl (C=O) groups excluding carboxylic acids is 2. The van der Waals surface area contributed by atoms with E-state index in [4.69, 9.17) is 18.3 Å². The highest BCUT2D eigenvalue weighted by Gasteiger charge is 2.15. The summed E-state index contributed by atoms with van der Waals surface area (Å²) in [6, 6.07) is 16.1. The summed E-state index contributed by atoms with van der Waals surface area (Å²) in [4.78, 5) is 60.1. The molecule has 0 radical (unpaired) electrons. The molecular weight excluding hydrogens is 757 g/mol. The van der Waals surface area contributed by atoms with Gasteiger partial charge in [-0.25, -0.2) is 19.6 Å². The van der Waals surface area contributed by atoms with Crippen molar-refractivity contribution < 1.29 is 27.9 Å². The topological polar surface area (TPSA) is 139 Å². The number of carbonyl (C=O) groups is 2. The largest absolute Gasteiger partial charge is 0.426 e. The van der Waals surface area contributed by atoms with Crippen molar-refractivity contribution in [3.05, 3.63) is 81.5 Å². The molecule has 0 aliphatic heterocycles. The number of rotatable bonds is 28. The Balaban J connectivity index is 1.11. The maximum atomic E-state index is 12.9. The second kappa shape index (κ2) is 25.5. The third kappa shape index (κ3) is 15.2. The number of ether oxygens (including phenoxy) is 2. The van der Waals surface area contributed by atoms with Crippen LogP contribution in [0.15, 0.2) is 79.1 Å². The first-order valence-electron chi connectivity index (χ1n) is 22.8. The number of unbranched alkanes of at least 4 members (excludes halogenated alkanes) is 20. The number of hydrogen-bond acceptors (Lipinski definition) is 10. The number of nitrogens with zero attached hydrogens (tertiary/aromatic N) is 2. The molecule has 0 aliphatic rings. The molecular formula is C50H64N2O8. The predicted octanol–water partition coefficient (Wildman–Crippen LogP) is 13.2. The second-order valence-electron chi connectivity index (χ2n) is 16.1. The Morgan fingerprint density at radius 3 is 1.10 bits per heavy atom. The molecule has 0 saturated heterocycles. The first-order valence-corrected chi connectivity index (χ1v) is 22.8. The molecule has 0 aliphatic carbocycles. The molecule has 0 spiro atoms. The standard InChI is InChI=1S/C50H64N2O8/c1-3-5-7-9-11-13-15-17-19-21-23-25-45(53)57-39-31-33-41-43(35-39)51-47(59-49(41)55)37-27-29-38(30-28-37)48-52-44-36-40(32-34-42(44)50(56)60-48)58-46(54)26-24-22-20-18-16-14-12-10-8-6-4-2/h27-36H,3-26H2,1-2H3. The minimum absolute atomic E-state index is 0.0797. The van der Waals surface area contributed by atoms with Crippen molar-refractivity contribution in [3.8, 4) is 34.4 Å². The third-order valence-electron chi connectivity index (χ3n) is 11.0. The fourth-order valence-electron chi connectivity index (χ4n) is 7.46. The van der Waals surface area contributed by atoms with Gasteiger partial charge in [-0.15, -0.1) is 0 Å². The van der Waals surface area contributed by atoms with Gasteiger partial charge in [-0.3, -0.25) is 9.59 Å². The Morgan fingerprint density at radius 2 is 0.767 bits per heavy atom. The smallest absolute Gasteiger partial charge is 0.347 e. The second-order valence-corrected chi connectivity index (χ2v) is 16.1. The van der Waals surface area contributed by atoms with Gasteiger partial charge in [0.2, 0.25) is 11.8 Å². The lowest BCUT2D eigenvalue weighted by Gasteiger charge is -2.07. The minimum Gasteiger partial charge on any atom is -0.426 e. The maximum Gasteiger partial charge on any atom is 0.347 e. The summed E-state index contributed by atoms with van der Waals surface area (Å²) in [6.07, 6.45) is 27.1. The third-order valence-corrected chi connectivity index (χ3v) is 11.0. The van der Waals surface area contributed by atoms with E-state index in [2.05, 4.69) is 23.8 Å². The van der Waals surface area contributed by atoms with Gasteiger partial charge in [-0.05, 0) is 61.4 Å². The molecule has 0 fully saturated rings. The van der Waals surface area contributed by atoms with Gasteiger partial charge in [0.1, 0.15) is 11.5 Å². The lowest BCUT2D eigenvalue weighted by Crippen LogP contribution is -2.08. The molecule has 10 heteroatoms. The molecule has 2 heterocycles. The Hall–Kier alpha value is -5.12. The zero-order valence-electron chi connectivity index (χ0n) is 35.9. The number of benzene rings is 3. The SMILES string of the molecule is CCCCCCCCCCCCCC(=O)Oc1ccc2c(=O)oc(-c3ccc(-c4nc5cc(OC(=O)CCCCCCCCCCCCC)ccc5c(=O)o4)cc3)nc2c1. The molecule has 10 nitrogen and oxygen atoms in total. The van der Waals surface area contributed by atoms with Crippen LogP contribution in [0.4, 0.5) is 0 Å². The molecule has 0 bridgehead atoms. The first kappa shape index (κ1) is 46.0. The summed E-state index contributed by atoms with van der Waals surface area (Å²) >= 11 is 0. The molecule has 5 rings (SSSR count). The highest BCUT2D eigenvalue weighted by atomic mass is 16.5. The van der Waals surface area contributed by atoms with Crippen molar-refractivity contribution in [2.24, 2.45) is 0 Å². The van der Waals surface area contributed by atoms with E-state index < -0.39 is 11.3 Å². The van der Waals surface area contributed by atoms with E-state index in [9.17, 15) is 19.2 Å². The first-order chi connectivity index (χ1) is 29.3. The van der Waals surface area contributed by atoms with Crippen LogP contribution < -0.4 is 20.7 Å². The average molecular weight is 821 g/mol. The van der Waals surface area contributed by atoms with Crippen LogP contribution >= 0.6 is 0 Å². The molecule has 0 N–H and O–H groups in total. The van der Waals surface area contributed by atoms with Crippen molar-refractivity contribution in [1.82, 2.24) is 9.97 Å². The van der Waals surface area contributed by atoms with Gasteiger partial charge in [0.25, 0.3) is 0 Å². The molecule has 0 unspecified atom stereocenters. The number of hydrogen-bond donors (Lipinski definition) is 0. The molecule has 322 valence electrons. The van der Waals surface area contributed by atoms with Crippen LogP contribution in [0.2, 0.25) is 0 Å². The normalized spacial score (nSPS) is 11.4. The highest BCUT2D eigenvalue weighted by molar-refractivity contribution is 5.83. The Labute approximate surface area is 354 Å². The zero-order valence-corrected chi connectivity index (χ0v) is 35.9. The molecule has 60 heavy (non-hydrogen) atoms. The van der Waals surface area contributed by atoms with Gasteiger partial charge < -0.3 is 18.3 Å². The summed E-state index contributed by atoms with van der Waals surface area (Å²) in [6.45, 7) is 4.47. The van der Waals surface area contributed by atoms with E-state index in [0.717, 1.165) is 38.5 Å². The Morgan fingerprint density at radius 1 is 0.450 bits per heavy atom. The average Bonchev–Trinajstić information content (AvgIpc) is 3.24. The summed E-state index contributed by atoms with van der Waals surface area (Å²) in [7, 11) is 0. The van der Waals surface area contributed by atoms with Crippen LogP contribution in [0.3, 0.4) is 0 Å². The molecule has 2 aromatic heterocycles. The van der Waals surface area contributed by atoms with Crippen LogP contribution in [-0.2, 0) is 9.59 Å². The number of esters is 2. The van der Waals surface area contributed by atoms with E-state index in [0.29, 0.717) is 46.5 Å². The Bertz CT molecular complexity index is 2050. The van der Waals surface area contributed by atoms with Crippen molar-refractivity contribution >= 4 is 33.7 Å². The lowest BCUT2D eigenvalue weighted by atomic mass is 10.1. The number of aromatic nitrogens is 2. The molecule has 5 aromatic rings. The Kier molecular flexibility index (Phi) is 19.5. The highest BCUT2D eigenvalue weighted by Crippen LogP contribution is 2.27. The van der Waals surface area contributed by atoms with E-state index in [-0.39, 0.29) is 34.5 Å².